The van der Waals surface area contributed by atoms with E-state index in [1.165, 1.54) is 23.8 Å². The summed E-state index contributed by atoms with van der Waals surface area (Å²) in [7, 11) is 0. The van der Waals surface area contributed by atoms with Gasteiger partial charge in [-0.2, -0.15) is 0 Å². The van der Waals surface area contributed by atoms with Crippen molar-refractivity contribution < 1.29 is 0 Å². The number of hydrogen-bond acceptors (Lipinski definition) is 4. The molecule has 0 amide bonds. The van der Waals surface area contributed by atoms with Crippen LogP contribution < -0.4 is 4.90 Å². The minimum atomic E-state index is 0.442. The number of likely N-dealkylation sites (N-methyl/N-ethyl adjacent to an activating group) is 1. The summed E-state index contributed by atoms with van der Waals surface area (Å²) in [5.41, 5.74) is 3.49. The number of nitrogens with zero attached hydrogens (tertiary/aromatic N) is 5. The quantitative estimate of drug-likeness (QED) is 0.652. The average Bonchev–Trinajstić information content (AvgIpc) is 3.49. The molecule has 1 saturated carbocycles. The summed E-state index contributed by atoms with van der Waals surface area (Å²) in [6.07, 6.45) is 6.51. The highest BCUT2D eigenvalue weighted by Gasteiger charge is 2.32. The molecule has 5 rings (SSSR count). The number of piperazine rings is 1. The van der Waals surface area contributed by atoms with Crippen LogP contribution in [0.25, 0.3) is 16.7 Å². The lowest BCUT2D eigenvalue weighted by Gasteiger charge is -2.40. The van der Waals surface area contributed by atoms with Gasteiger partial charge in [0.1, 0.15) is 17.8 Å². The maximum atomic E-state index is 6.10. The Morgan fingerprint density at radius 1 is 1.11 bits per heavy atom. The Balaban J connectivity index is 1.64. The normalized spacial score (nSPS) is 20.8. The molecule has 3 aromatic rings. The van der Waals surface area contributed by atoms with E-state index in [9.17, 15) is 0 Å². The number of anilines is 1. The van der Waals surface area contributed by atoms with Crippen LogP contribution in [0.4, 0.5) is 5.82 Å². The molecule has 1 aliphatic heterocycles. The van der Waals surface area contributed by atoms with Gasteiger partial charge in [0.2, 0.25) is 0 Å². The third-order valence-corrected chi connectivity index (χ3v) is 6.40. The van der Waals surface area contributed by atoms with Crippen molar-refractivity contribution in [2.45, 2.75) is 38.6 Å². The van der Waals surface area contributed by atoms with Crippen molar-refractivity contribution in [1.29, 1.82) is 0 Å². The van der Waals surface area contributed by atoms with Crippen molar-refractivity contribution in [1.82, 2.24) is 19.4 Å². The van der Waals surface area contributed by atoms with Crippen LogP contribution in [0.2, 0.25) is 5.02 Å². The third kappa shape index (κ3) is 3.07. The van der Waals surface area contributed by atoms with Gasteiger partial charge in [-0.05, 0) is 62.1 Å². The molecule has 1 atom stereocenters. The Labute approximate surface area is 170 Å². The summed E-state index contributed by atoms with van der Waals surface area (Å²) in [4.78, 5) is 14.5. The summed E-state index contributed by atoms with van der Waals surface area (Å²) in [5.74, 6) is 1.73. The van der Waals surface area contributed by atoms with Gasteiger partial charge in [-0.1, -0.05) is 18.5 Å². The highest BCUT2D eigenvalue weighted by atomic mass is 35.5. The van der Waals surface area contributed by atoms with E-state index in [2.05, 4.69) is 46.5 Å². The Hall–Kier alpha value is -2.11. The largest absolute Gasteiger partial charge is 0.351 e. The number of aromatic nitrogens is 3. The SMILES string of the molecule is CCN1CCN(c2ncnc3c2c(C2CC2)cn3-c2ccc(Cl)cc2)[C@@H](C)C1. The molecule has 0 bridgehead atoms. The number of rotatable bonds is 4. The zero-order valence-electron chi connectivity index (χ0n) is 16.5. The highest BCUT2D eigenvalue weighted by molar-refractivity contribution is 6.30. The first-order valence-electron chi connectivity index (χ1n) is 10.3. The van der Waals surface area contributed by atoms with Crippen LogP contribution in [-0.4, -0.2) is 51.7 Å². The topological polar surface area (TPSA) is 37.2 Å². The van der Waals surface area contributed by atoms with Gasteiger partial charge < -0.3 is 9.47 Å². The standard InChI is InChI=1S/C22H26ClN5/c1-3-26-10-11-27(15(2)12-26)21-20-19(16-4-5-16)13-28(22(20)25-14-24-21)18-8-6-17(23)7-9-18/h6-9,13-16H,3-5,10-12H2,1-2H3/t15-/m0/s1. The summed E-state index contributed by atoms with van der Waals surface area (Å²) in [6, 6.07) is 8.44. The second kappa shape index (κ2) is 7.05. The average molecular weight is 396 g/mol. The molecule has 3 heterocycles. The lowest BCUT2D eigenvalue weighted by atomic mass is 10.1. The molecule has 6 heteroatoms. The smallest absolute Gasteiger partial charge is 0.150 e. The monoisotopic (exact) mass is 395 g/mol. The van der Waals surface area contributed by atoms with Crippen LogP contribution in [0, 0.1) is 0 Å². The van der Waals surface area contributed by atoms with Crippen LogP contribution in [0.1, 0.15) is 38.2 Å². The predicted octanol–water partition coefficient (Wildman–Crippen LogP) is 4.48. The second-order valence-corrected chi connectivity index (χ2v) is 8.47. The van der Waals surface area contributed by atoms with Crippen molar-refractivity contribution in [3.63, 3.8) is 0 Å². The zero-order valence-corrected chi connectivity index (χ0v) is 17.2. The van der Waals surface area contributed by atoms with E-state index in [-0.39, 0.29) is 0 Å². The van der Waals surface area contributed by atoms with Gasteiger partial charge in [0.05, 0.1) is 5.39 Å². The molecule has 5 nitrogen and oxygen atoms in total. The van der Waals surface area contributed by atoms with Crippen molar-refractivity contribution >= 4 is 28.5 Å². The molecule has 0 radical (unpaired) electrons. The Bertz CT molecular complexity index is 992. The van der Waals surface area contributed by atoms with Crippen molar-refractivity contribution in [2.75, 3.05) is 31.1 Å². The molecule has 2 aromatic heterocycles. The van der Waals surface area contributed by atoms with Crippen molar-refractivity contribution in [3.05, 3.63) is 47.4 Å². The number of halogens is 1. The lowest BCUT2D eigenvalue weighted by molar-refractivity contribution is 0.239. The van der Waals surface area contributed by atoms with Gasteiger partial charge >= 0.3 is 0 Å². The van der Waals surface area contributed by atoms with E-state index in [1.807, 2.05) is 12.1 Å². The number of benzene rings is 1. The molecule has 1 aromatic carbocycles. The summed E-state index contributed by atoms with van der Waals surface area (Å²) in [6.45, 7) is 8.84. The molecule has 28 heavy (non-hydrogen) atoms. The van der Waals surface area contributed by atoms with Crippen LogP contribution >= 0.6 is 11.6 Å². The van der Waals surface area contributed by atoms with Crippen LogP contribution in [0.5, 0.6) is 0 Å². The van der Waals surface area contributed by atoms with E-state index in [4.69, 9.17) is 21.6 Å². The molecule has 1 saturated heterocycles. The molecule has 0 unspecified atom stereocenters. The summed E-state index contributed by atoms with van der Waals surface area (Å²) in [5, 5.41) is 1.98. The Morgan fingerprint density at radius 2 is 1.89 bits per heavy atom. The lowest BCUT2D eigenvalue weighted by Crippen LogP contribution is -2.52. The number of hydrogen-bond donors (Lipinski definition) is 0. The maximum absolute atomic E-state index is 6.10. The molecule has 0 spiro atoms. The molecule has 2 aliphatic rings. The first-order chi connectivity index (χ1) is 13.7. The number of fused-ring (bicyclic) bond motifs is 1. The minimum absolute atomic E-state index is 0.442. The van der Waals surface area contributed by atoms with Crippen LogP contribution in [0.3, 0.4) is 0 Å². The first-order valence-corrected chi connectivity index (χ1v) is 10.6. The van der Waals surface area contributed by atoms with Crippen LogP contribution in [0.15, 0.2) is 36.8 Å². The molecule has 0 N–H and O–H groups in total. The van der Waals surface area contributed by atoms with Gasteiger partial charge in [0.25, 0.3) is 0 Å². The summed E-state index contributed by atoms with van der Waals surface area (Å²) >= 11 is 6.10. The van der Waals surface area contributed by atoms with Crippen LogP contribution in [-0.2, 0) is 0 Å². The van der Waals surface area contributed by atoms with E-state index in [1.54, 1.807) is 6.33 Å². The minimum Gasteiger partial charge on any atom is -0.351 e. The molecule has 1 aliphatic carbocycles. The second-order valence-electron chi connectivity index (χ2n) is 8.04. The van der Waals surface area contributed by atoms with E-state index < -0.39 is 0 Å². The predicted molar refractivity (Wildman–Crippen MR) is 115 cm³/mol. The maximum Gasteiger partial charge on any atom is 0.150 e. The van der Waals surface area contributed by atoms with E-state index in [0.29, 0.717) is 12.0 Å². The van der Waals surface area contributed by atoms with E-state index in [0.717, 1.165) is 48.4 Å². The fourth-order valence-corrected chi connectivity index (χ4v) is 4.55. The van der Waals surface area contributed by atoms with Gasteiger partial charge in [-0.25, -0.2) is 9.97 Å². The van der Waals surface area contributed by atoms with Gasteiger partial charge in [-0.15, -0.1) is 0 Å². The fourth-order valence-electron chi connectivity index (χ4n) is 4.43. The molecule has 146 valence electrons. The van der Waals surface area contributed by atoms with Crippen molar-refractivity contribution in [3.8, 4) is 5.69 Å². The highest BCUT2D eigenvalue weighted by Crippen LogP contribution is 2.46. The summed E-state index contributed by atoms with van der Waals surface area (Å²) < 4.78 is 2.21. The fraction of sp³-hybridized carbons (Fsp3) is 0.455. The Morgan fingerprint density at radius 3 is 2.57 bits per heavy atom. The van der Waals surface area contributed by atoms with Crippen molar-refractivity contribution in [2.24, 2.45) is 0 Å². The molecular weight excluding hydrogens is 370 g/mol. The van der Waals surface area contributed by atoms with Gasteiger partial charge in [0.15, 0.2) is 0 Å². The zero-order chi connectivity index (χ0) is 19.3. The van der Waals surface area contributed by atoms with E-state index >= 15 is 0 Å². The van der Waals surface area contributed by atoms with Gasteiger partial charge in [-0.3, -0.25) is 4.90 Å². The molecule has 2 fully saturated rings. The van der Waals surface area contributed by atoms with Gasteiger partial charge in [0, 0.05) is 42.6 Å². The first kappa shape index (κ1) is 18.0. The third-order valence-electron chi connectivity index (χ3n) is 6.15. The molecular formula is C22H26ClN5. The Kier molecular flexibility index (Phi) is 4.52.